The molecule has 0 rings (SSSR count). The number of hydrogen-bond donors (Lipinski definition) is 4. The Morgan fingerprint density at radius 1 is 0.889 bits per heavy atom. The van der Waals surface area contributed by atoms with E-state index >= 15 is 0 Å². The molecule has 0 aliphatic rings. The van der Waals surface area contributed by atoms with Crippen molar-refractivity contribution in [3.8, 4) is 0 Å². The van der Waals surface area contributed by atoms with Gasteiger partial charge in [0.25, 0.3) is 11.8 Å². The Morgan fingerprint density at radius 3 is 1.50 bits per heavy atom. The van der Waals surface area contributed by atoms with Crippen LogP contribution < -0.4 is 10.6 Å². The highest BCUT2D eigenvalue weighted by Crippen LogP contribution is 1.86. The summed E-state index contributed by atoms with van der Waals surface area (Å²) in [6, 6.07) is 0. The zero-order valence-corrected chi connectivity index (χ0v) is 10.4. The quantitative estimate of drug-likeness (QED) is 0.216. The van der Waals surface area contributed by atoms with Gasteiger partial charge < -0.3 is 21.0 Å². The van der Waals surface area contributed by atoms with Gasteiger partial charge in [0.05, 0.1) is 0 Å². The SMILES string of the molecule is C/C(=N\O)C(=O)NCCCCNC(=O)/C(C)=N/O. The fourth-order valence-electron chi connectivity index (χ4n) is 1.00. The molecule has 0 fully saturated rings. The van der Waals surface area contributed by atoms with E-state index in [1.165, 1.54) is 13.8 Å². The van der Waals surface area contributed by atoms with Crippen molar-refractivity contribution in [3.63, 3.8) is 0 Å². The van der Waals surface area contributed by atoms with Gasteiger partial charge in [-0.3, -0.25) is 9.59 Å². The summed E-state index contributed by atoms with van der Waals surface area (Å²) < 4.78 is 0. The zero-order valence-electron chi connectivity index (χ0n) is 10.4. The van der Waals surface area contributed by atoms with Crippen molar-refractivity contribution in [1.29, 1.82) is 0 Å². The van der Waals surface area contributed by atoms with E-state index in [0.717, 1.165) is 0 Å². The molecule has 8 nitrogen and oxygen atoms in total. The summed E-state index contributed by atoms with van der Waals surface area (Å²) in [5.41, 5.74) is -0.00355. The maximum Gasteiger partial charge on any atom is 0.268 e. The van der Waals surface area contributed by atoms with E-state index < -0.39 is 11.8 Å². The lowest BCUT2D eigenvalue weighted by molar-refractivity contribution is -0.116. The number of oxime groups is 2. The molecule has 0 heterocycles. The van der Waals surface area contributed by atoms with Gasteiger partial charge >= 0.3 is 0 Å². The van der Waals surface area contributed by atoms with Gasteiger partial charge in [0.15, 0.2) is 0 Å². The van der Waals surface area contributed by atoms with E-state index in [-0.39, 0.29) is 11.4 Å². The smallest absolute Gasteiger partial charge is 0.268 e. The van der Waals surface area contributed by atoms with Crippen LogP contribution in [0, 0.1) is 0 Å². The first-order valence-electron chi connectivity index (χ1n) is 5.46. The first-order chi connectivity index (χ1) is 8.52. The van der Waals surface area contributed by atoms with E-state index in [2.05, 4.69) is 20.9 Å². The van der Waals surface area contributed by atoms with Crippen LogP contribution in [-0.4, -0.2) is 46.7 Å². The number of nitrogens with zero attached hydrogens (tertiary/aromatic N) is 2. The minimum absolute atomic E-state index is 0.00177. The second-order valence-corrected chi connectivity index (χ2v) is 3.59. The van der Waals surface area contributed by atoms with Crippen LogP contribution in [0.2, 0.25) is 0 Å². The molecule has 0 spiro atoms. The van der Waals surface area contributed by atoms with Crippen LogP contribution in [-0.2, 0) is 9.59 Å². The molecule has 4 N–H and O–H groups in total. The number of carbonyl (C=O) groups is 2. The first kappa shape index (κ1) is 15.9. The molecule has 0 aliphatic heterocycles. The lowest BCUT2D eigenvalue weighted by Crippen LogP contribution is -2.32. The molecule has 0 aromatic carbocycles. The van der Waals surface area contributed by atoms with Crippen LogP contribution in [0.3, 0.4) is 0 Å². The molecule has 0 atom stereocenters. The third-order valence-corrected chi connectivity index (χ3v) is 2.13. The molecule has 0 unspecified atom stereocenters. The van der Waals surface area contributed by atoms with Gasteiger partial charge in [0.2, 0.25) is 0 Å². The van der Waals surface area contributed by atoms with Crippen molar-refractivity contribution in [2.24, 2.45) is 10.3 Å². The average Bonchev–Trinajstić information content (AvgIpc) is 2.39. The minimum Gasteiger partial charge on any atom is -0.410 e. The minimum atomic E-state index is -0.426. The maximum atomic E-state index is 11.1. The summed E-state index contributed by atoms with van der Waals surface area (Å²) in [7, 11) is 0. The van der Waals surface area contributed by atoms with Crippen LogP contribution in [0.25, 0.3) is 0 Å². The van der Waals surface area contributed by atoms with E-state index in [1.807, 2.05) is 0 Å². The summed E-state index contributed by atoms with van der Waals surface area (Å²) in [5.74, 6) is -0.852. The van der Waals surface area contributed by atoms with Crippen LogP contribution >= 0.6 is 0 Å². The highest BCUT2D eigenvalue weighted by molar-refractivity contribution is 6.38. The van der Waals surface area contributed by atoms with Gasteiger partial charge in [-0.25, -0.2) is 0 Å². The molecule has 0 aliphatic carbocycles. The van der Waals surface area contributed by atoms with Crippen molar-refractivity contribution >= 4 is 23.2 Å². The Kier molecular flexibility index (Phi) is 7.91. The van der Waals surface area contributed by atoms with Gasteiger partial charge in [-0.1, -0.05) is 10.3 Å². The topological polar surface area (TPSA) is 123 Å². The summed E-state index contributed by atoms with van der Waals surface area (Å²) >= 11 is 0. The van der Waals surface area contributed by atoms with Crippen molar-refractivity contribution in [2.75, 3.05) is 13.1 Å². The first-order valence-corrected chi connectivity index (χ1v) is 5.46. The Labute approximate surface area is 105 Å². The Morgan fingerprint density at radius 2 is 1.22 bits per heavy atom. The van der Waals surface area contributed by atoms with E-state index in [0.29, 0.717) is 25.9 Å². The van der Waals surface area contributed by atoms with Crippen molar-refractivity contribution in [2.45, 2.75) is 26.7 Å². The van der Waals surface area contributed by atoms with Gasteiger partial charge in [-0.05, 0) is 26.7 Å². The Balaban J connectivity index is 3.59. The largest absolute Gasteiger partial charge is 0.410 e. The summed E-state index contributed by atoms with van der Waals surface area (Å²) in [4.78, 5) is 22.3. The number of unbranched alkanes of at least 4 members (excludes halogenated alkanes) is 1. The number of nitrogens with one attached hydrogen (secondary N) is 2. The third-order valence-electron chi connectivity index (χ3n) is 2.13. The maximum absolute atomic E-state index is 11.1. The fourth-order valence-corrected chi connectivity index (χ4v) is 1.00. The number of rotatable bonds is 7. The van der Waals surface area contributed by atoms with Crippen LogP contribution in [0.1, 0.15) is 26.7 Å². The molecule has 0 saturated carbocycles. The van der Waals surface area contributed by atoms with Crippen molar-refractivity contribution < 1.29 is 20.0 Å². The van der Waals surface area contributed by atoms with Crippen molar-refractivity contribution in [1.82, 2.24) is 10.6 Å². The highest BCUT2D eigenvalue weighted by atomic mass is 16.4. The zero-order chi connectivity index (χ0) is 14.0. The van der Waals surface area contributed by atoms with Crippen molar-refractivity contribution in [3.05, 3.63) is 0 Å². The van der Waals surface area contributed by atoms with Gasteiger partial charge in [0, 0.05) is 13.1 Å². The van der Waals surface area contributed by atoms with Gasteiger partial charge in [-0.2, -0.15) is 0 Å². The van der Waals surface area contributed by atoms with Gasteiger partial charge in [-0.15, -0.1) is 0 Å². The molecule has 8 heteroatoms. The summed E-state index contributed by atoms with van der Waals surface area (Å²) in [5, 5.41) is 27.3. The predicted octanol–water partition coefficient (Wildman–Crippen LogP) is -0.301. The standard InChI is InChI=1S/C10H18N4O4/c1-7(13-17)9(15)11-5-3-4-6-12-10(16)8(2)14-18/h17-18H,3-6H2,1-2H3,(H,11,15)(H,12,16)/b13-7+,14-8+. The monoisotopic (exact) mass is 258 g/mol. The third kappa shape index (κ3) is 6.46. The van der Waals surface area contributed by atoms with E-state index in [4.69, 9.17) is 10.4 Å². The lowest BCUT2D eigenvalue weighted by Gasteiger charge is -2.05. The molecule has 18 heavy (non-hydrogen) atoms. The fraction of sp³-hybridized carbons (Fsp3) is 0.600. The van der Waals surface area contributed by atoms with Crippen LogP contribution in [0.4, 0.5) is 0 Å². The summed E-state index contributed by atoms with van der Waals surface area (Å²) in [6.07, 6.45) is 1.33. The molecule has 0 aromatic rings. The summed E-state index contributed by atoms with van der Waals surface area (Å²) in [6.45, 7) is 3.64. The van der Waals surface area contributed by atoms with Crippen LogP contribution in [0.5, 0.6) is 0 Å². The predicted molar refractivity (Wildman–Crippen MR) is 65.0 cm³/mol. The number of carbonyl (C=O) groups excluding carboxylic acids is 2. The molecule has 0 aromatic heterocycles. The molecule has 102 valence electrons. The normalized spacial score (nSPS) is 12.1. The Bertz CT molecular complexity index is 318. The highest BCUT2D eigenvalue weighted by Gasteiger charge is 2.06. The van der Waals surface area contributed by atoms with Gasteiger partial charge in [0.1, 0.15) is 11.4 Å². The van der Waals surface area contributed by atoms with E-state index in [1.54, 1.807) is 0 Å². The second-order valence-electron chi connectivity index (χ2n) is 3.59. The number of hydrogen-bond acceptors (Lipinski definition) is 6. The Hall–Kier alpha value is -2.12. The molecular weight excluding hydrogens is 240 g/mol. The number of amides is 2. The molecule has 2 amide bonds. The molecular formula is C10H18N4O4. The van der Waals surface area contributed by atoms with E-state index in [9.17, 15) is 9.59 Å². The average molecular weight is 258 g/mol. The molecule has 0 saturated heterocycles. The second kappa shape index (κ2) is 8.97. The molecule has 0 bridgehead atoms. The lowest BCUT2D eigenvalue weighted by atomic mass is 10.3. The molecule has 0 radical (unpaired) electrons. The van der Waals surface area contributed by atoms with Crippen LogP contribution in [0.15, 0.2) is 10.3 Å².